The Balaban J connectivity index is 1.99. The molecule has 0 bridgehead atoms. The summed E-state index contributed by atoms with van der Waals surface area (Å²) in [5.41, 5.74) is 0.838. The normalized spacial score (nSPS) is 12.3. The van der Waals surface area contributed by atoms with E-state index in [1.807, 2.05) is 13.0 Å². The van der Waals surface area contributed by atoms with Crippen LogP contribution >= 0.6 is 0 Å². The van der Waals surface area contributed by atoms with Crippen molar-refractivity contribution in [2.45, 2.75) is 24.3 Å². The Bertz CT molecular complexity index is 846. The molecule has 2 rings (SSSR count). The molecule has 0 aromatic heterocycles. The molecule has 1 amide bonds. The lowest BCUT2D eigenvalue weighted by Gasteiger charge is -2.18. The molecule has 2 aromatic carbocycles. The number of benzene rings is 2. The van der Waals surface area contributed by atoms with Gasteiger partial charge in [0.05, 0.1) is 18.0 Å². The first-order valence-corrected chi connectivity index (χ1v) is 10.1. The van der Waals surface area contributed by atoms with Gasteiger partial charge in [0.1, 0.15) is 0 Å². The fraction of sp³-hybridized carbons (Fsp3) is 0.316. The van der Waals surface area contributed by atoms with E-state index in [9.17, 15) is 13.2 Å². The second kappa shape index (κ2) is 8.71. The van der Waals surface area contributed by atoms with Gasteiger partial charge in [-0.1, -0.05) is 31.2 Å². The van der Waals surface area contributed by atoms with Crippen LogP contribution in [0.25, 0.3) is 0 Å². The number of para-hydroxylation sites is 2. The zero-order valence-electron chi connectivity index (χ0n) is 15.1. The summed E-state index contributed by atoms with van der Waals surface area (Å²) in [4.78, 5) is 12.5. The van der Waals surface area contributed by atoms with E-state index in [0.29, 0.717) is 17.9 Å². The number of methoxy groups -OCH3 is 1. The molecule has 0 aliphatic rings. The molecule has 0 fully saturated rings. The highest BCUT2D eigenvalue weighted by molar-refractivity contribution is 7.90. The summed E-state index contributed by atoms with van der Waals surface area (Å²) in [5, 5.41) is 2.89. The van der Waals surface area contributed by atoms with E-state index in [1.165, 1.54) is 7.11 Å². The first kappa shape index (κ1) is 19.8. The number of hydrogen-bond acceptors (Lipinski definition) is 5. The molecule has 26 heavy (non-hydrogen) atoms. The molecule has 6 nitrogen and oxygen atoms in total. The predicted octanol–water partition coefficient (Wildman–Crippen LogP) is 2.75. The third kappa shape index (κ3) is 5.23. The second-order valence-electron chi connectivity index (χ2n) is 5.81. The summed E-state index contributed by atoms with van der Waals surface area (Å²) < 4.78 is 33.8. The lowest BCUT2D eigenvalue weighted by Crippen LogP contribution is -2.32. The molecule has 0 radical (unpaired) electrons. The molecular formula is C19H23NO5S. The smallest absolute Gasteiger partial charge is 0.258 e. The van der Waals surface area contributed by atoms with E-state index in [0.717, 1.165) is 11.8 Å². The molecule has 0 heterocycles. The van der Waals surface area contributed by atoms with Gasteiger partial charge in [-0.05, 0) is 36.2 Å². The second-order valence-corrected chi connectivity index (χ2v) is 7.82. The summed E-state index contributed by atoms with van der Waals surface area (Å²) >= 11 is 0. The maximum absolute atomic E-state index is 12.2. The fourth-order valence-electron chi connectivity index (χ4n) is 2.49. The number of carbonyl (C=O) groups excluding carboxylic acids is 1. The van der Waals surface area contributed by atoms with Crippen LogP contribution in [0.3, 0.4) is 0 Å². The average molecular weight is 377 g/mol. The first-order valence-electron chi connectivity index (χ1n) is 8.20. The summed E-state index contributed by atoms with van der Waals surface area (Å²) in [6.45, 7) is 1.80. The topological polar surface area (TPSA) is 81.7 Å². The Hall–Kier alpha value is -2.54. The number of hydrogen-bond donors (Lipinski definition) is 1. The molecule has 0 unspecified atom stereocenters. The van der Waals surface area contributed by atoms with E-state index in [-0.39, 0.29) is 23.5 Å². The lowest BCUT2D eigenvalue weighted by atomic mass is 10.0. The molecular weight excluding hydrogens is 354 g/mol. The predicted molar refractivity (Wildman–Crippen MR) is 99.2 cm³/mol. The Morgan fingerprint density at radius 1 is 1.08 bits per heavy atom. The Kier molecular flexibility index (Phi) is 6.63. The van der Waals surface area contributed by atoms with Gasteiger partial charge in [0, 0.05) is 6.26 Å². The van der Waals surface area contributed by atoms with Crippen LogP contribution in [0, 0.1) is 0 Å². The Morgan fingerprint density at radius 2 is 1.69 bits per heavy atom. The van der Waals surface area contributed by atoms with Crippen LogP contribution in [0.5, 0.6) is 11.5 Å². The number of sulfone groups is 1. The summed E-state index contributed by atoms with van der Waals surface area (Å²) in [5.74, 6) is 0.786. The highest BCUT2D eigenvalue weighted by atomic mass is 32.2. The quantitative estimate of drug-likeness (QED) is 0.765. The van der Waals surface area contributed by atoms with Crippen molar-refractivity contribution < 1.29 is 22.7 Å². The van der Waals surface area contributed by atoms with Gasteiger partial charge in [0.25, 0.3) is 5.91 Å². The lowest BCUT2D eigenvalue weighted by molar-refractivity contribution is -0.123. The van der Waals surface area contributed by atoms with E-state index >= 15 is 0 Å². The van der Waals surface area contributed by atoms with Crippen molar-refractivity contribution in [3.63, 3.8) is 0 Å². The molecule has 0 spiro atoms. The third-order valence-corrected chi connectivity index (χ3v) is 5.01. The maximum atomic E-state index is 12.2. The van der Waals surface area contributed by atoms with Crippen LogP contribution in [0.15, 0.2) is 53.4 Å². The summed E-state index contributed by atoms with van der Waals surface area (Å²) in [7, 11) is -1.70. The van der Waals surface area contributed by atoms with Crippen LogP contribution in [-0.2, 0) is 14.6 Å². The van der Waals surface area contributed by atoms with Crippen molar-refractivity contribution in [2.75, 3.05) is 20.0 Å². The van der Waals surface area contributed by atoms with Crippen molar-refractivity contribution in [3.05, 3.63) is 54.1 Å². The molecule has 1 N–H and O–H groups in total. The number of nitrogens with one attached hydrogen (secondary N) is 1. The van der Waals surface area contributed by atoms with Crippen LogP contribution < -0.4 is 14.8 Å². The van der Waals surface area contributed by atoms with E-state index in [4.69, 9.17) is 9.47 Å². The van der Waals surface area contributed by atoms with Gasteiger partial charge in [-0.15, -0.1) is 0 Å². The van der Waals surface area contributed by atoms with Gasteiger partial charge < -0.3 is 14.8 Å². The van der Waals surface area contributed by atoms with E-state index in [1.54, 1.807) is 42.5 Å². The molecule has 140 valence electrons. The van der Waals surface area contributed by atoms with Crippen molar-refractivity contribution in [1.29, 1.82) is 0 Å². The van der Waals surface area contributed by atoms with Gasteiger partial charge in [-0.2, -0.15) is 0 Å². The molecule has 2 aromatic rings. The van der Waals surface area contributed by atoms with Crippen LogP contribution in [-0.4, -0.2) is 34.3 Å². The number of ether oxygens (including phenoxy) is 2. The highest BCUT2D eigenvalue weighted by Gasteiger charge is 2.15. The number of carbonyl (C=O) groups is 1. The third-order valence-electron chi connectivity index (χ3n) is 3.88. The summed E-state index contributed by atoms with van der Waals surface area (Å²) in [6.07, 6.45) is 1.83. The fourth-order valence-corrected chi connectivity index (χ4v) is 3.12. The van der Waals surface area contributed by atoms with Gasteiger partial charge in [-0.3, -0.25) is 4.79 Å². The van der Waals surface area contributed by atoms with Gasteiger partial charge in [-0.25, -0.2) is 8.42 Å². The largest absolute Gasteiger partial charge is 0.493 e. The molecule has 1 atom stereocenters. The van der Waals surface area contributed by atoms with Crippen LogP contribution in [0.1, 0.15) is 24.9 Å². The van der Waals surface area contributed by atoms with Crippen molar-refractivity contribution >= 4 is 15.7 Å². The Morgan fingerprint density at radius 3 is 2.23 bits per heavy atom. The maximum Gasteiger partial charge on any atom is 0.258 e. The molecule has 0 aliphatic heterocycles. The standard InChI is InChI=1S/C19H23NO5S/c1-4-16(14-9-11-15(12-10-14)26(3,22)23)20-19(21)13-25-18-8-6-5-7-17(18)24-2/h5-12,16H,4,13H2,1-3H3,(H,20,21)/t16-/m0/s1. The minimum absolute atomic E-state index is 0.141. The van der Waals surface area contributed by atoms with E-state index in [2.05, 4.69) is 5.32 Å². The van der Waals surface area contributed by atoms with Crippen molar-refractivity contribution in [3.8, 4) is 11.5 Å². The first-order chi connectivity index (χ1) is 12.3. The minimum atomic E-state index is -3.24. The Labute approximate surface area is 154 Å². The molecule has 7 heteroatoms. The van der Waals surface area contributed by atoms with Crippen molar-refractivity contribution in [1.82, 2.24) is 5.32 Å². The molecule has 0 saturated carbocycles. The number of amides is 1. The van der Waals surface area contributed by atoms with E-state index < -0.39 is 9.84 Å². The molecule has 0 saturated heterocycles. The van der Waals surface area contributed by atoms with Crippen molar-refractivity contribution in [2.24, 2.45) is 0 Å². The SMILES string of the molecule is CC[C@H](NC(=O)COc1ccccc1OC)c1ccc(S(C)(=O)=O)cc1. The van der Waals surface area contributed by atoms with Crippen LogP contribution in [0.2, 0.25) is 0 Å². The van der Waals surface area contributed by atoms with Crippen LogP contribution in [0.4, 0.5) is 0 Å². The van der Waals surface area contributed by atoms with Gasteiger partial charge in [0.15, 0.2) is 27.9 Å². The zero-order chi connectivity index (χ0) is 19.2. The number of rotatable bonds is 8. The van der Waals surface area contributed by atoms with Gasteiger partial charge in [0.2, 0.25) is 0 Å². The van der Waals surface area contributed by atoms with Gasteiger partial charge >= 0.3 is 0 Å². The highest BCUT2D eigenvalue weighted by Crippen LogP contribution is 2.25. The summed E-state index contributed by atoms with van der Waals surface area (Å²) in [6, 6.07) is 13.4. The molecule has 0 aliphatic carbocycles. The average Bonchev–Trinajstić information content (AvgIpc) is 2.64. The minimum Gasteiger partial charge on any atom is -0.493 e. The zero-order valence-corrected chi connectivity index (χ0v) is 15.9. The monoisotopic (exact) mass is 377 g/mol.